The Bertz CT molecular complexity index is 992. The van der Waals surface area contributed by atoms with Gasteiger partial charge in [0.2, 0.25) is 0 Å². The van der Waals surface area contributed by atoms with E-state index in [0.29, 0.717) is 24.3 Å². The minimum Gasteiger partial charge on any atom is -0.339 e. The molecule has 1 aliphatic heterocycles. The second-order valence-corrected chi connectivity index (χ2v) is 7.19. The summed E-state index contributed by atoms with van der Waals surface area (Å²) in [5.41, 5.74) is 0.580. The molecule has 0 unspecified atom stereocenters. The minimum absolute atomic E-state index is 0.0331. The Labute approximate surface area is 177 Å². The maximum Gasteiger partial charge on any atom is 0.288 e. The highest BCUT2D eigenvalue weighted by molar-refractivity contribution is 7.80. The van der Waals surface area contributed by atoms with Crippen LogP contribution in [-0.4, -0.2) is 39.8 Å². The van der Waals surface area contributed by atoms with Crippen LogP contribution in [0.3, 0.4) is 0 Å². The van der Waals surface area contributed by atoms with E-state index < -0.39 is 10.8 Å². The van der Waals surface area contributed by atoms with Crippen LogP contribution in [0.4, 0.5) is 11.4 Å². The number of carbonyl (C=O) groups is 2. The van der Waals surface area contributed by atoms with Gasteiger partial charge in [0.15, 0.2) is 5.11 Å². The molecule has 0 aromatic heterocycles. The van der Waals surface area contributed by atoms with Crippen molar-refractivity contribution in [1.82, 2.24) is 10.2 Å². The maximum absolute atomic E-state index is 12.7. The van der Waals surface area contributed by atoms with E-state index in [4.69, 9.17) is 23.8 Å². The number of nitrogens with one attached hydrogen (secondary N) is 2. The molecular formula is C19H17ClN4O4S. The molecule has 2 amide bonds. The molecule has 0 atom stereocenters. The number of thiocarbonyl (C=S) groups is 1. The van der Waals surface area contributed by atoms with Gasteiger partial charge in [-0.2, -0.15) is 0 Å². The predicted molar refractivity (Wildman–Crippen MR) is 113 cm³/mol. The number of hydrogen-bond acceptors (Lipinski definition) is 5. The largest absolute Gasteiger partial charge is 0.339 e. The van der Waals surface area contributed by atoms with E-state index in [0.717, 1.165) is 18.9 Å². The lowest BCUT2D eigenvalue weighted by molar-refractivity contribution is -0.384. The van der Waals surface area contributed by atoms with Crippen molar-refractivity contribution in [3.8, 4) is 0 Å². The van der Waals surface area contributed by atoms with Gasteiger partial charge < -0.3 is 10.2 Å². The number of nitro benzene ring substituents is 1. The average Bonchev–Trinajstić information content (AvgIpc) is 3.22. The third-order valence-electron chi connectivity index (χ3n) is 4.43. The first-order valence-corrected chi connectivity index (χ1v) is 9.60. The molecule has 0 saturated carbocycles. The Balaban J connectivity index is 1.71. The van der Waals surface area contributed by atoms with Gasteiger partial charge in [-0.3, -0.25) is 25.0 Å². The highest BCUT2D eigenvalue weighted by Gasteiger charge is 2.22. The molecule has 29 heavy (non-hydrogen) atoms. The van der Waals surface area contributed by atoms with E-state index in [1.807, 2.05) is 0 Å². The van der Waals surface area contributed by atoms with E-state index in [2.05, 4.69) is 10.6 Å². The van der Waals surface area contributed by atoms with E-state index in [1.165, 1.54) is 12.1 Å². The molecule has 0 bridgehead atoms. The van der Waals surface area contributed by atoms with Gasteiger partial charge in [-0.1, -0.05) is 23.7 Å². The Morgan fingerprint density at radius 1 is 1.14 bits per heavy atom. The van der Waals surface area contributed by atoms with Crippen LogP contribution in [0.25, 0.3) is 0 Å². The lowest BCUT2D eigenvalue weighted by atomic mass is 10.1. The fraction of sp³-hybridized carbons (Fsp3) is 0.211. The van der Waals surface area contributed by atoms with Crippen LogP contribution in [0.2, 0.25) is 5.02 Å². The van der Waals surface area contributed by atoms with Crippen LogP contribution < -0.4 is 10.6 Å². The van der Waals surface area contributed by atoms with Crippen LogP contribution in [-0.2, 0) is 0 Å². The number of amides is 2. The third kappa shape index (κ3) is 4.87. The Morgan fingerprint density at radius 3 is 2.52 bits per heavy atom. The molecule has 0 spiro atoms. The minimum atomic E-state index is -0.671. The molecular weight excluding hydrogens is 416 g/mol. The molecule has 2 N–H and O–H groups in total. The summed E-state index contributed by atoms with van der Waals surface area (Å²) in [6, 6.07) is 10.6. The smallest absolute Gasteiger partial charge is 0.288 e. The first-order chi connectivity index (χ1) is 13.9. The average molecular weight is 433 g/mol. The molecule has 2 aromatic rings. The summed E-state index contributed by atoms with van der Waals surface area (Å²) in [6.45, 7) is 1.42. The van der Waals surface area contributed by atoms with Crippen molar-refractivity contribution in [2.45, 2.75) is 12.8 Å². The zero-order chi connectivity index (χ0) is 21.0. The Kier molecular flexibility index (Phi) is 6.40. The summed E-state index contributed by atoms with van der Waals surface area (Å²) in [5.74, 6) is -0.737. The van der Waals surface area contributed by atoms with Crippen molar-refractivity contribution < 1.29 is 14.5 Å². The number of rotatable bonds is 4. The van der Waals surface area contributed by atoms with E-state index >= 15 is 0 Å². The van der Waals surface area contributed by atoms with Crippen LogP contribution >= 0.6 is 23.8 Å². The number of hydrogen-bond donors (Lipinski definition) is 2. The van der Waals surface area contributed by atoms with E-state index in [9.17, 15) is 19.7 Å². The molecule has 1 heterocycles. The Morgan fingerprint density at radius 2 is 1.83 bits per heavy atom. The van der Waals surface area contributed by atoms with Crippen LogP contribution in [0.5, 0.6) is 0 Å². The Hall–Kier alpha value is -3.04. The van der Waals surface area contributed by atoms with E-state index in [-0.39, 0.29) is 27.3 Å². The van der Waals surface area contributed by atoms with Gasteiger partial charge in [-0.15, -0.1) is 0 Å². The zero-order valence-corrected chi connectivity index (χ0v) is 16.8. The van der Waals surface area contributed by atoms with Crippen molar-refractivity contribution in [3.05, 3.63) is 68.7 Å². The van der Waals surface area contributed by atoms with Gasteiger partial charge in [0.1, 0.15) is 5.02 Å². The summed E-state index contributed by atoms with van der Waals surface area (Å²) < 4.78 is 0. The third-order valence-corrected chi connectivity index (χ3v) is 4.95. The molecule has 3 rings (SSSR count). The normalized spacial score (nSPS) is 13.1. The first-order valence-electron chi connectivity index (χ1n) is 8.81. The quantitative estimate of drug-likeness (QED) is 0.434. The molecule has 8 nitrogen and oxygen atoms in total. The second kappa shape index (κ2) is 8.97. The summed E-state index contributed by atoms with van der Waals surface area (Å²) in [7, 11) is 0. The van der Waals surface area contributed by atoms with E-state index in [1.54, 1.807) is 29.2 Å². The van der Waals surface area contributed by atoms with Crippen molar-refractivity contribution >= 4 is 52.1 Å². The van der Waals surface area contributed by atoms with Gasteiger partial charge in [0.25, 0.3) is 17.5 Å². The SMILES string of the molecule is O=C(NC(=S)Nc1ccccc1C(=O)N1CCCC1)c1ccc(Cl)c([N+](=O)[O-])c1. The standard InChI is InChI=1S/C19H17ClN4O4S/c20-14-8-7-12(11-16(14)24(27)28)17(25)22-19(29)21-15-6-2-1-5-13(15)18(26)23-9-3-4-10-23/h1-2,5-8,11H,3-4,9-10H2,(H2,21,22,25,29). The number of anilines is 1. The van der Waals surface area contributed by atoms with Gasteiger partial charge in [-0.05, 0) is 49.3 Å². The number of likely N-dealkylation sites (tertiary alicyclic amines) is 1. The van der Waals surface area contributed by atoms with Crippen molar-refractivity contribution in [3.63, 3.8) is 0 Å². The van der Waals surface area contributed by atoms with Gasteiger partial charge in [0.05, 0.1) is 16.2 Å². The molecule has 1 fully saturated rings. The maximum atomic E-state index is 12.7. The molecule has 1 saturated heterocycles. The van der Waals surface area contributed by atoms with Crippen molar-refractivity contribution in [2.75, 3.05) is 18.4 Å². The molecule has 0 radical (unpaired) electrons. The zero-order valence-electron chi connectivity index (χ0n) is 15.2. The lowest BCUT2D eigenvalue weighted by Crippen LogP contribution is -2.35. The summed E-state index contributed by atoms with van der Waals surface area (Å²) in [6.07, 6.45) is 1.95. The summed E-state index contributed by atoms with van der Waals surface area (Å²) in [5, 5.41) is 16.2. The number of nitrogens with zero attached hydrogens (tertiary/aromatic N) is 2. The fourth-order valence-corrected chi connectivity index (χ4v) is 3.38. The predicted octanol–water partition coefficient (Wildman–Crippen LogP) is 3.61. The highest BCUT2D eigenvalue weighted by atomic mass is 35.5. The number of benzene rings is 2. The van der Waals surface area contributed by atoms with Crippen molar-refractivity contribution in [2.24, 2.45) is 0 Å². The van der Waals surface area contributed by atoms with Crippen LogP contribution in [0, 0.1) is 10.1 Å². The topological polar surface area (TPSA) is 105 Å². The van der Waals surface area contributed by atoms with Gasteiger partial charge in [0, 0.05) is 24.7 Å². The van der Waals surface area contributed by atoms with Gasteiger partial charge in [-0.25, -0.2) is 0 Å². The number of para-hydroxylation sites is 1. The second-order valence-electron chi connectivity index (χ2n) is 6.38. The number of carbonyl (C=O) groups excluding carboxylic acids is 2. The number of halogens is 1. The molecule has 150 valence electrons. The molecule has 1 aliphatic rings. The molecule has 2 aromatic carbocycles. The summed E-state index contributed by atoms with van der Waals surface area (Å²) in [4.78, 5) is 37.2. The summed E-state index contributed by atoms with van der Waals surface area (Å²) >= 11 is 10.9. The molecule has 0 aliphatic carbocycles. The number of nitro groups is 1. The van der Waals surface area contributed by atoms with Crippen LogP contribution in [0.15, 0.2) is 42.5 Å². The lowest BCUT2D eigenvalue weighted by Gasteiger charge is -2.18. The van der Waals surface area contributed by atoms with Gasteiger partial charge >= 0.3 is 0 Å². The fourth-order valence-electron chi connectivity index (χ4n) is 2.99. The monoisotopic (exact) mass is 432 g/mol. The highest BCUT2D eigenvalue weighted by Crippen LogP contribution is 2.25. The molecule has 10 heteroatoms. The van der Waals surface area contributed by atoms with Crippen LogP contribution in [0.1, 0.15) is 33.6 Å². The first kappa shape index (κ1) is 20.7. The van der Waals surface area contributed by atoms with Crippen molar-refractivity contribution in [1.29, 1.82) is 0 Å².